The lowest BCUT2D eigenvalue weighted by molar-refractivity contribution is -0.126. The molecule has 0 spiro atoms. The molecule has 1 atom stereocenters. The van der Waals surface area contributed by atoms with Crippen LogP contribution in [0.5, 0.6) is 0 Å². The van der Waals surface area contributed by atoms with E-state index >= 15 is 0 Å². The second-order valence-electron chi connectivity index (χ2n) is 8.25. The first-order chi connectivity index (χ1) is 17.1. The summed E-state index contributed by atoms with van der Waals surface area (Å²) in [5.41, 5.74) is 3.44. The van der Waals surface area contributed by atoms with Crippen molar-refractivity contribution in [2.75, 3.05) is 5.32 Å². The Kier molecular flexibility index (Phi) is 6.17. The maximum atomic E-state index is 13.3. The van der Waals surface area contributed by atoms with E-state index in [1.54, 1.807) is 47.4 Å². The summed E-state index contributed by atoms with van der Waals surface area (Å²) in [6.07, 6.45) is 3.29. The maximum absolute atomic E-state index is 13.3. The average molecular weight is 469 g/mol. The van der Waals surface area contributed by atoms with Crippen LogP contribution in [0.1, 0.15) is 37.8 Å². The molecule has 0 aliphatic carbocycles. The summed E-state index contributed by atoms with van der Waals surface area (Å²) in [6.45, 7) is 0.562. The largest absolute Gasteiger partial charge is 0.459 e. The molecule has 2 aromatic carbocycles. The van der Waals surface area contributed by atoms with Crippen molar-refractivity contribution in [2.24, 2.45) is 0 Å². The molecular formula is C27H23N3O5. The molecule has 8 heteroatoms. The van der Waals surface area contributed by atoms with Gasteiger partial charge in [0.25, 0.3) is 11.8 Å². The molecule has 3 heterocycles. The van der Waals surface area contributed by atoms with E-state index in [1.165, 1.54) is 12.5 Å². The predicted molar refractivity (Wildman–Crippen MR) is 127 cm³/mol. The SMILES string of the molecule is O=C(Nc1cccc(CNC(=O)C2Cc3ccccc3CN2C(=O)c2ccco2)c1)c1ccco1. The van der Waals surface area contributed by atoms with E-state index in [9.17, 15) is 14.4 Å². The van der Waals surface area contributed by atoms with E-state index in [4.69, 9.17) is 8.83 Å². The van der Waals surface area contributed by atoms with Gasteiger partial charge in [0.05, 0.1) is 12.5 Å². The molecule has 0 saturated carbocycles. The Morgan fingerprint density at radius 2 is 1.60 bits per heavy atom. The Morgan fingerprint density at radius 3 is 2.34 bits per heavy atom. The Labute approximate surface area is 201 Å². The normalized spacial score (nSPS) is 14.7. The van der Waals surface area contributed by atoms with Crippen molar-refractivity contribution < 1.29 is 23.2 Å². The molecule has 0 bridgehead atoms. The first kappa shape index (κ1) is 22.2. The molecule has 3 amide bonds. The van der Waals surface area contributed by atoms with E-state index in [0.29, 0.717) is 18.7 Å². The number of rotatable bonds is 6. The van der Waals surface area contributed by atoms with Crippen LogP contribution in [-0.2, 0) is 24.3 Å². The highest BCUT2D eigenvalue weighted by atomic mass is 16.3. The average Bonchev–Trinajstić information content (AvgIpc) is 3.61. The zero-order valence-corrected chi connectivity index (χ0v) is 18.8. The Hall–Kier alpha value is -4.59. The number of nitrogens with zero attached hydrogens (tertiary/aromatic N) is 1. The van der Waals surface area contributed by atoms with Gasteiger partial charge in [0.2, 0.25) is 5.91 Å². The Bertz CT molecular complexity index is 1340. The van der Waals surface area contributed by atoms with Crippen molar-refractivity contribution in [3.8, 4) is 0 Å². The molecule has 4 aromatic rings. The van der Waals surface area contributed by atoms with Crippen LogP contribution in [0.3, 0.4) is 0 Å². The standard InChI is InChI=1S/C27H23N3O5/c31-25(28-16-18-6-3-9-21(14-18)29-26(32)23-10-4-12-34-23)22-15-19-7-1-2-8-20(19)17-30(22)27(33)24-11-5-13-35-24/h1-14,22H,15-17H2,(H,28,31)(H,29,32). The highest BCUT2D eigenvalue weighted by Gasteiger charge is 2.35. The fraction of sp³-hybridized carbons (Fsp3) is 0.148. The van der Waals surface area contributed by atoms with Gasteiger partial charge in [0, 0.05) is 25.2 Å². The van der Waals surface area contributed by atoms with Gasteiger partial charge in [-0.2, -0.15) is 0 Å². The fourth-order valence-corrected chi connectivity index (χ4v) is 4.18. The van der Waals surface area contributed by atoms with E-state index in [0.717, 1.165) is 16.7 Å². The zero-order chi connectivity index (χ0) is 24.2. The quantitative estimate of drug-likeness (QED) is 0.444. The molecular weight excluding hydrogens is 446 g/mol. The summed E-state index contributed by atoms with van der Waals surface area (Å²) in [6, 6.07) is 20.8. The summed E-state index contributed by atoms with van der Waals surface area (Å²) in [4.78, 5) is 40.2. The number of amides is 3. The molecule has 35 heavy (non-hydrogen) atoms. The molecule has 0 radical (unpaired) electrons. The van der Waals surface area contributed by atoms with Gasteiger partial charge in [-0.25, -0.2) is 0 Å². The van der Waals surface area contributed by atoms with Gasteiger partial charge in [0.1, 0.15) is 6.04 Å². The molecule has 2 N–H and O–H groups in total. The molecule has 176 valence electrons. The van der Waals surface area contributed by atoms with Gasteiger partial charge in [-0.1, -0.05) is 36.4 Å². The number of hydrogen-bond donors (Lipinski definition) is 2. The summed E-state index contributed by atoms with van der Waals surface area (Å²) in [7, 11) is 0. The van der Waals surface area contributed by atoms with Crippen molar-refractivity contribution in [1.82, 2.24) is 10.2 Å². The number of anilines is 1. The maximum Gasteiger partial charge on any atom is 0.291 e. The first-order valence-electron chi connectivity index (χ1n) is 11.2. The van der Waals surface area contributed by atoms with Crippen LogP contribution in [0, 0.1) is 0 Å². The molecule has 0 fully saturated rings. The minimum absolute atomic E-state index is 0.196. The number of benzene rings is 2. The molecule has 1 aliphatic heterocycles. The number of hydrogen-bond acceptors (Lipinski definition) is 5. The van der Waals surface area contributed by atoms with E-state index < -0.39 is 6.04 Å². The van der Waals surface area contributed by atoms with Crippen molar-refractivity contribution in [1.29, 1.82) is 0 Å². The van der Waals surface area contributed by atoms with Gasteiger partial charge in [-0.05, 0) is 53.1 Å². The monoisotopic (exact) mass is 469 g/mol. The van der Waals surface area contributed by atoms with Gasteiger partial charge >= 0.3 is 0 Å². The number of nitrogens with one attached hydrogen (secondary N) is 2. The Balaban J connectivity index is 1.29. The summed E-state index contributed by atoms with van der Waals surface area (Å²) in [5, 5.41) is 5.72. The van der Waals surface area contributed by atoms with E-state index in [1.807, 2.05) is 30.3 Å². The zero-order valence-electron chi connectivity index (χ0n) is 18.8. The molecule has 2 aromatic heterocycles. The molecule has 8 nitrogen and oxygen atoms in total. The third kappa shape index (κ3) is 4.86. The van der Waals surface area contributed by atoms with Crippen LogP contribution in [0.25, 0.3) is 0 Å². The molecule has 5 rings (SSSR count). The van der Waals surface area contributed by atoms with Crippen LogP contribution < -0.4 is 10.6 Å². The summed E-state index contributed by atoms with van der Waals surface area (Å²) in [5.74, 6) is -0.536. The minimum atomic E-state index is -0.677. The highest BCUT2D eigenvalue weighted by Crippen LogP contribution is 2.25. The number of fused-ring (bicyclic) bond motifs is 1. The summed E-state index contributed by atoms with van der Waals surface area (Å²) >= 11 is 0. The minimum Gasteiger partial charge on any atom is -0.459 e. The Morgan fingerprint density at radius 1 is 0.857 bits per heavy atom. The second kappa shape index (κ2) is 9.72. The lowest BCUT2D eigenvalue weighted by Gasteiger charge is -2.35. The fourth-order valence-electron chi connectivity index (χ4n) is 4.18. The summed E-state index contributed by atoms with van der Waals surface area (Å²) < 4.78 is 10.4. The first-order valence-corrected chi connectivity index (χ1v) is 11.2. The van der Waals surface area contributed by atoms with Crippen molar-refractivity contribution >= 4 is 23.4 Å². The molecule has 1 aliphatic rings. The van der Waals surface area contributed by atoms with Crippen LogP contribution in [0.4, 0.5) is 5.69 Å². The number of carbonyl (C=O) groups excluding carboxylic acids is 3. The predicted octanol–water partition coefficient (Wildman–Crippen LogP) is 4.01. The van der Waals surface area contributed by atoms with E-state index in [2.05, 4.69) is 10.6 Å². The van der Waals surface area contributed by atoms with Crippen LogP contribution in [0.2, 0.25) is 0 Å². The van der Waals surface area contributed by atoms with E-state index in [-0.39, 0.29) is 35.8 Å². The highest BCUT2D eigenvalue weighted by molar-refractivity contribution is 6.02. The second-order valence-corrected chi connectivity index (χ2v) is 8.25. The lowest BCUT2D eigenvalue weighted by Crippen LogP contribution is -2.52. The van der Waals surface area contributed by atoms with Crippen LogP contribution >= 0.6 is 0 Å². The van der Waals surface area contributed by atoms with Crippen LogP contribution in [-0.4, -0.2) is 28.7 Å². The van der Waals surface area contributed by atoms with Gasteiger partial charge in [0.15, 0.2) is 11.5 Å². The smallest absolute Gasteiger partial charge is 0.291 e. The number of carbonyl (C=O) groups is 3. The van der Waals surface area contributed by atoms with Crippen molar-refractivity contribution in [3.05, 3.63) is 114 Å². The van der Waals surface area contributed by atoms with Crippen molar-refractivity contribution in [3.63, 3.8) is 0 Å². The molecule has 0 saturated heterocycles. The van der Waals surface area contributed by atoms with Crippen molar-refractivity contribution in [2.45, 2.75) is 25.6 Å². The third-order valence-electron chi connectivity index (χ3n) is 5.94. The number of furan rings is 2. The topological polar surface area (TPSA) is 105 Å². The third-order valence-corrected chi connectivity index (χ3v) is 5.94. The lowest BCUT2D eigenvalue weighted by atomic mass is 9.93. The van der Waals surface area contributed by atoms with Gasteiger partial charge in [-0.3, -0.25) is 14.4 Å². The van der Waals surface area contributed by atoms with Gasteiger partial charge < -0.3 is 24.4 Å². The molecule has 1 unspecified atom stereocenters. The van der Waals surface area contributed by atoms with Crippen LogP contribution in [0.15, 0.2) is 94.2 Å². The van der Waals surface area contributed by atoms with Gasteiger partial charge in [-0.15, -0.1) is 0 Å².